The van der Waals surface area contributed by atoms with Gasteiger partial charge in [-0.2, -0.15) is 5.10 Å². The number of nitrogens with zero attached hydrogens (tertiary/aromatic N) is 4. The molecular weight excluding hydrogens is 258 g/mol. The Labute approximate surface area is 118 Å². The summed E-state index contributed by atoms with van der Waals surface area (Å²) in [4.78, 5) is 30.0. The van der Waals surface area contributed by atoms with Crippen LogP contribution in [0.3, 0.4) is 0 Å². The molecule has 20 heavy (non-hydrogen) atoms. The molecule has 1 saturated heterocycles. The summed E-state index contributed by atoms with van der Waals surface area (Å²) < 4.78 is 1.73. The second-order valence-electron chi connectivity index (χ2n) is 6.05. The smallest absolute Gasteiger partial charge is 0.246 e. The van der Waals surface area contributed by atoms with Crippen LogP contribution in [0.5, 0.6) is 0 Å². The van der Waals surface area contributed by atoms with Gasteiger partial charge in [-0.05, 0) is 12.3 Å². The molecule has 1 aromatic rings. The Kier molecular flexibility index (Phi) is 3.78. The molecule has 1 atom stereocenters. The summed E-state index contributed by atoms with van der Waals surface area (Å²) in [6.45, 7) is 8.84. The molecule has 2 rings (SSSR count). The molecule has 1 fully saturated rings. The van der Waals surface area contributed by atoms with E-state index in [0.717, 1.165) is 0 Å². The van der Waals surface area contributed by atoms with Crippen molar-refractivity contribution in [1.82, 2.24) is 25.0 Å². The van der Waals surface area contributed by atoms with Crippen molar-refractivity contribution < 1.29 is 9.59 Å². The van der Waals surface area contributed by atoms with Gasteiger partial charge in [-0.3, -0.25) is 9.59 Å². The van der Waals surface area contributed by atoms with Gasteiger partial charge >= 0.3 is 0 Å². The van der Waals surface area contributed by atoms with Gasteiger partial charge in [0.05, 0.1) is 6.54 Å². The molecule has 1 N–H and O–H groups in total. The first-order valence-corrected chi connectivity index (χ1v) is 6.77. The van der Waals surface area contributed by atoms with Gasteiger partial charge in [0, 0.05) is 6.54 Å². The second-order valence-corrected chi connectivity index (χ2v) is 6.05. The van der Waals surface area contributed by atoms with Crippen molar-refractivity contribution in [3.05, 3.63) is 12.2 Å². The first-order chi connectivity index (χ1) is 9.32. The maximum absolute atomic E-state index is 12.5. The molecule has 0 saturated carbocycles. The van der Waals surface area contributed by atoms with Crippen molar-refractivity contribution in [3.63, 3.8) is 0 Å². The van der Waals surface area contributed by atoms with E-state index in [0.29, 0.717) is 18.9 Å². The van der Waals surface area contributed by atoms with Crippen LogP contribution >= 0.6 is 0 Å². The Balaban J connectivity index is 2.19. The number of rotatable bonds is 3. The summed E-state index contributed by atoms with van der Waals surface area (Å²) in [6.07, 6.45) is 1.47. The topological polar surface area (TPSA) is 80.1 Å². The highest BCUT2D eigenvalue weighted by Gasteiger charge is 2.40. The Morgan fingerprint density at radius 2 is 2.10 bits per heavy atom. The summed E-state index contributed by atoms with van der Waals surface area (Å²) in [6, 6.07) is -0.498. The van der Waals surface area contributed by atoms with E-state index in [1.165, 1.54) is 6.33 Å². The Hall–Kier alpha value is -1.92. The van der Waals surface area contributed by atoms with Crippen molar-refractivity contribution >= 4 is 11.8 Å². The molecule has 110 valence electrons. The highest BCUT2D eigenvalue weighted by Crippen LogP contribution is 2.23. The Morgan fingerprint density at radius 3 is 2.70 bits per heavy atom. The maximum Gasteiger partial charge on any atom is 0.246 e. The highest BCUT2D eigenvalue weighted by atomic mass is 16.2. The van der Waals surface area contributed by atoms with E-state index in [4.69, 9.17) is 0 Å². The number of aromatic nitrogens is 3. The van der Waals surface area contributed by atoms with Gasteiger partial charge in [-0.1, -0.05) is 20.8 Å². The van der Waals surface area contributed by atoms with Crippen molar-refractivity contribution in [2.24, 2.45) is 5.41 Å². The molecular formula is C13H21N5O2. The molecule has 1 unspecified atom stereocenters. The van der Waals surface area contributed by atoms with Crippen LogP contribution in [0, 0.1) is 5.41 Å². The normalized spacial score (nSPS) is 20.2. The summed E-state index contributed by atoms with van der Waals surface area (Å²) in [5, 5.41) is 6.85. The summed E-state index contributed by atoms with van der Waals surface area (Å²) >= 11 is 0. The molecule has 2 heterocycles. The number of piperazine rings is 1. The largest absolute Gasteiger partial charge is 0.342 e. The lowest BCUT2D eigenvalue weighted by atomic mass is 9.85. The van der Waals surface area contributed by atoms with Crippen LogP contribution in [0.25, 0.3) is 0 Å². The highest BCUT2D eigenvalue weighted by molar-refractivity contribution is 5.95. The van der Waals surface area contributed by atoms with Gasteiger partial charge in [-0.15, -0.1) is 0 Å². The predicted molar refractivity (Wildman–Crippen MR) is 72.5 cm³/mol. The number of amides is 2. The van der Waals surface area contributed by atoms with Gasteiger partial charge in [0.2, 0.25) is 11.8 Å². The van der Waals surface area contributed by atoms with Gasteiger partial charge in [-0.25, -0.2) is 9.67 Å². The van der Waals surface area contributed by atoms with Crippen molar-refractivity contribution in [1.29, 1.82) is 0 Å². The average Bonchev–Trinajstić information content (AvgIpc) is 2.79. The summed E-state index contributed by atoms with van der Waals surface area (Å²) in [5.74, 6) is 0.498. The fourth-order valence-corrected chi connectivity index (χ4v) is 2.27. The van der Waals surface area contributed by atoms with Crippen molar-refractivity contribution in [3.8, 4) is 0 Å². The van der Waals surface area contributed by atoms with E-state index in [-0.39, 0.29) is 23.8 Å². The van der Waals surface area contributed by atoms with Gasteiger partial charge < -0.3 is 10.2 Å². The van der Waals surface area contributed by atoms with Gasteiger partial charge in [0.1, 0.15) is 24.7 Å². The van der Waals surface area contributed by atoms with E-state index in [1.54, 1.807) is 9.58 Å². The maximum atomic E-state index is 12.5. The number of carbonyl (C=O) groups is 2. The number of aryl methyl sites for hydroxylation is 1. The van der Waals surface area contributed by atoms with Crippen LogP contribution in [0.4, 0.5) is 0 Å². The minimum atomic E-state index is -0.498. The molecule has 0 aliphatic carbocycles. The molecule has 1 aliphatic heterocycles. The van der Waals surface area contributed by atoms with Gasteiger partial charge in [0.25, 0.3) is 0 Å². The van der Waals surface area contributed by atoms with Crippen LogP contribution in [-0.2, 0) is 22.7 Å². The second kappa shape index (κ2) is 5.22. The molecule has 7 heteroatoms. The van der Waals surface area contributed by atoms with E-state index in [2.05, 4.69) is 15.4 Å². The lowest BCUT2D eigenvalue weighted by Crippen LogP contribution is -2.62. The van der Waals surface area contributed by atoms with Crippen LogP contribution < -0.4 is 5.32 Å². The third kappa shape index (κ3) is 2.81. The number of hydrogen-bond donors (Lipinski definition) is 1. The Bertz CT molecular complexity index is 517. The lowest BCUT2D eigenvalue weighted by molar-refractivity contribution is -0.148. The lowest BCUT2D eigenvalue weighted by Gasteiger charge is -2.38. The van der Waals surface area contributed by atoms with E-state index < -0.39 is 6.04 Å². The fraction of sp³-hybridized carbons (Fsp3) is 0.692. The van der Waals surface area contributed by atoms with Crippen LogP contribution in [-0.4, -0.2) is 44.1 Å². The monoisotopic (exact) mass is 279 g/mol. The quantitative estimate of drug-likeness (QED) is 0.855. The van der Waals surface area contributed by atoms with Gasteiger partial charge in [0.15, 0.2) is 0 Å². The first kappa shape index (κ1) is 14.5. The molecule has 0 spiro atoms. The van der Waals surface area contributed by atoms with Crippen molar-refractivity contribution in [2.45, 2.75) is 46.8 Å². The zero-order valence-corrected chi connectivity index (χ0v) is 12.4. The predicted octanol–water partition coefficient (Wildman–Crippen LogP) is 0.171. The zero-order chi connectivity index (χ0) is 14.9. The molecule has 0 aromatic carbocycles. The summed E-state index contributed by atoms with van der Waals surface area (Å²) in [7, 11) is 0. The first-order valence-electron chi connectivity index (χ1n) is 6.77. The number of nitrogens with one attached hydrogen (secondary N) is 1. The molecule has 1 aromatic heterocycles. The van der Waals surface area contributed by atoms with E-state index in [9.17, 15) is 9.59 Å². The van der Waals surface area contributed by atoms with Crippen LogP contribution in [0.1, 0.15) is 33.5 Å². The third-order valence-corrected chi connectivity index (χ3v) is 3.39. The third-order valence-electron chi connectivity index (χ3n) is 3.39. The van der Waals surface area contributed by atoms with Crippen molar-refractivity contribution in [2.75, 3.05) is 6.54 Å². The minimum Gasteiger partial charge on any atom is -0.342 e. The molecule has 1 aliphatic rings. The molecule has 0 bridgehead atoms. The Morgan fingerprint density at radius 1 is 1.40 bits per heavy atom. The molecule has 7 nitrogen and oxygen atoms in total. The van der Waals surface area contributed by atoms with Crippen LogP contribution in [0.2, 0.25) is 0 Å². The average molecular weight is 279 g/mol. The number of hydrogen-bond acceptors (Lipinski definition) is 4. The number of carbonyl (C=O) groups excluding carboxylic acids is 2. The zero-order valence-electron chi connectivity index (χ0n) is 12.4. The fourth-order valence-electron chi connectivity index (χ4n) is 2.27. The standard InChI is InChI=1S/C13H21N5O2/c1-5-18-9(14-8-15-18)6-17-7-10(19)16-11(12(17)20)13(2,3)4/h8,11H,5-7H2,1-4H3,(H,16,19). The summed E-state index contributed by atoms with van der Waals surface area (Å²) in [5.41, 5.74) is -0.316. The molecule has 2 amide bonds. The SMILES string of the molecule is CCn1ncnc1CN1CC(=O)NC(C(C)(C)C)C1=O. The van der Waals surface area contributed by atoms with E-state index in [1.807, 2.05) is 27.7 Å². The van der Waals surface area contributed by atoms with Crippen LogP contribution in [0.15, 0.2) is 6.33 Å². The van der Waals surface area contributed by atoms with E-state index >= 15 is 0 Å². The minimum absolute atomic E-state index is 0.0669. The molecule has 0 radical (unpaired) electrons.